The number of pyridine rings is 1. The maximum Gasteiger partial charge on any atom is 0.272 e. The molecule has 1 aliphatic rings. The summed E-state index contributed by atoms with van der Waals surface area (Å²) >= 11 is 0. The van der Waals surface area contributed by atoms with Crippen LogP contribution in [0.1, 0.15) is 40.5 Å². The number of aryl methyl sites for hydroxylation is 1. The minimum atomic E-state index is 0.0212. The number of carbonyl (C=O) groups is 1. The molecule has 0 aliphatic carbocycles. The van der Waals surface area contributed by atoms with Crippen LogP contribution >= 0.6 is 0 Å². The average Bonchev–Trinajstić information content (AvgIpc) is 2.55. The van der Waals surface area contributed by atoms with Gasteiger partial charge in [-0.3, -0.25) is 4.79 Å². The van der Waals surface area contributed by atoms with Crippen molar-refractivity contribution >= 4 is 5.91 Å². The second-order valence-electron chi connectivity index (χ2n) is 5.82. The largest absolute Gasteiger partial charge is 0.508 e. The van der Waals surface area contributed by atoms with Gasteiger partial charge in [0.2, 0.25) is 0 Å². The van der Waals surface area contributed by atoms with E-state index in [-0.39, 0.29) is 5.91 Å². The van der Waals surface area contributed by atoms with Crippen molar-refractivity contribution in [2.24, 2.45) is 0 Å². The summed E-state index contributed by atoms with van der Waals surface area (Å²) in [4.78, 5) is 18.7. The zero-order chi connectivity index (χ0) is 15.5. The Hall–Kier alpha value is -2.36. The maximum atomic E-state index is 12.5. The fourth-order valence-electron chi connectivity index (χ4n) is 2.99. The topological polar surface area (TPSA) is 53.4 Å². The summed E-state index contributed by atoms with van der Waals surface area (Å²) in [6, 6.07) is 12.9. The maximum absolute atomic E-state index is 12.5. The minimum absolute atomic E-state index is 0.0212. The van der Waals surface area contributed by atoms with Crippen LogP contribution in [0.15, 0.2) is 42.5 Å². The molecule has 1 N–H and O–H groups in total. The van der Waals surface area contributed by atoms with Crippen molar-refractivity contribution in [1.82, 2.24) is 9.88 Å². The van der Waals surface area contributed by atoms with E-state index in [9.17, 15) is 9.90 Å². The van der Waals surface area contributed by atoms with E-state index in [0.717, 1.165) is 31.6 Å². The average molecular weight is 296 g/mol. The van der Waals surface area contributed by atoms with Gasteiger partial charge >= 0.3 is 0 Å². The molecule has 2 heterocycles. The van der Waals surface area contributed by atoms with Crippen LogP contribution in [0, 0.1) is 6.92 Å². The highest BCUT2D eigenvalue weighted by Crippen LogP contribution is 2.29. The number of phenolic OH excluding ortho intramolecular Hbond substituents is 1. The van der Waals surface area contributed by atoms with Crippen molar-refractivity contribution in [3.8, 4) is 5.75 Å². The first-order chi connectivity index (χ1) is 10.6. The van der Waals surface area contributed by atoms with Gasteiger partial charge in [-0.25, -0.2) is 4.98 Å². The van der Waals surface area contributed by atoms with Crippen LogP contribution in [0.2, 0.25) is 0 Å². The molecule has 0 radical (unpaired) electrons. The molecule has 4 heteroatoms. The molecule has 0 spiro atoms. The van der Waals surface area contributed by atoms with E-state index in [4.69, 9.17) is 0 Å². The predicted octanol–water partition coefficient (Wildman–Crippen LogP) is 3.12. The number of amides is 1. The Morgan fingerprint density at radius 2 is 1.82 bits per heavy atom. The first kappa shape index (κ1) is 14.6. The Morgan fingerprint density at radius 3 is 2.45 bits per heavy atom. The smallest absolute Gasteiger partial charge is 0.272 e. The number of piperidine rings is 1. The lowest BCUT2D eigenvalue weighted by molar-refractivity contribution is 0.0707. The van der Waals surface area contributed by atoms with Crippen molar-refractivity contribution in [2.45, 2.75) is 25.7 Å². The highest BCUT2D eigenvalue weighted by Gasteiger charge is 2.25. The molecule has 1 amide bonds. The van der Waals surface area contributed by atoms with Crippen LogP contribution < -0.4 is 0 Å². The van der Waals surface area contributed by atoms with Crippen LogP contribution in [-0.2, 0) is 0 Å². The molecule has 4 nitrogen and oxygen atoms in total. The van der Waals surface area contributed by atoms with Gasteiger partial charge in [-0.2, -0.15) is 0 Å². The number of nitrogens with zero attached hydrogens (tertiary/aromatic N) is 2. The van der Waals surface area contributed by atoms with E-state index in [1.54, 1.807) is 18.2 Å². The van der Waals surface area contributed by atoms with E-state index >= 15 is 0 Å². The summed E-state index contributed by atoms with van der Waals surface area (Å²) in [7, 11) is 0. The molecule has 1 aliphatic heterocycles. The lowest BCUT2D eigenvalue weighted by Gasteiger charge is -2.32. The van der Waals surface area contributed by atoms with Gasteiger partial charge in [0.1, 0.15) is 11.4 Å². The number of carbonyl (C=O) groups excluding carboxylic acids is 1. The van der Waals surface area contributed by atoms with Crippen LogP contribution in [-0.4, -0.2) is 34.0 Å². The van der Waals surface area contributed by atoms with E-state index in [2.05, 4.69) is 4.98 Å². The third kappa shape index (κ3) is 3.11. The van der Waals surface area contributed by atoms with Gasteiger partial charge < -0.3 is 10.0 Å². The van der Waals surface area contributed by atoms with Gasteiger partial charge in [-0.1, -0.05) is 18.2 Å². The number of rotatable bonds is 2. The summed E-state index contributed by atoms with van der Waals surface area (Å²) in [5.41, 5.74) is 2.63. The highest BCUT2D eigenvalue weighted by molar-refractivity contribution is 5.92. The summed E-state index contributed by atoms with van der Waals surface area (Å²) < 4.78 is 0. The van der Waals surface area contributed by atoms with Crippen LogP contribution in [0.3, 0.4) is 0 Å². The summed E-state index contributed by atoms with van der Waals surface area (Å²) in [6.45, 7) is 3.40. The second-order valence-corrected chi connectivity index (χ2v) is 5.82. The number of phenols is 1. The normalized spacial score (nSPS) is 15.8. The molecule has 114 valence electrons. The fourth-order valence-corrected chi connectivity index (χ4v) is 2.99. The Kier molecular flexibility index (Phi) is 4.09. The molecule has 0 bridgehead atoms. The zero-order valence-electron chi connectivity index (χ0n) is 12.7. The van der Waals surface area contributed by atoms with E-state index in [1.807, 2.05) is 36.1 Å². The highest BCUT2D eigenvalue weighted by atomic mass is 16.3. The third-order valence-electron chi connectivity index (χ3n) is 4.25. The monoisotopic (exact) mass is 296 g/mol. The number of likely N-dealkylation sites (tertiary alicyclic amines) is 1. The van der Waals surface area contributed by atoms with Crippen LogP contribution in [0.5, 0.6) is 5.75 Å². The molecular formula is C18H20N2O2. The standard InChI is InChI=1S/C18H20N2O2/c1-13-3-2-4-17(19-13)18(22)20-11-9-15(10-12-20)14-5-7-16(21)8-6-14/h2-8,15,21H,9-12H2,1H3. The SMILES string of the molecule is Cc1cccc(C(=O)N2CCC(c3ccc(O)cc3)CC2)n1. The van der Waals surface area contributed by atoms with Crippen molar-refractivity contribution in [2.75, 3.05) is 13.1 Å². The number of aromatic hydroxyl groups is 1. The van der Waals surface area contributed by atoms with Crippen molar-refractivity contribution < 1.29 is 9.90 Å². The molecule has 1 aromatic heterocycles. The molecule has 22 heavy (non-hydrogen) atoms. The third-order valence-corrected chi connectivity index (χ3v) is 4.25. The summed E-state index contributed by atoms with van der Waals surface area (Å²) in [5, 5.41) is 9.36. The van der Waals surface area contributed by atoms with Crippen LogP contribution in [0.25, 0.3) is 0 Å². The van der Waals surface area contributed by atoms with Crippen molar-refractivity contribution in [1.29, 1.82) is 0 Å². The Morgan fingerprint density at radius 1 is 1.14 bits per heavy atom. The molecule has 3 rings (SSSR count). The van der Waals surface area contributed by atoms with Gasteiger partial charge in [0, 0.05) is 18.8 Å². The van der Waals surface area contributed by atoms with E-state index in [1.165, 1.54) is 5.56 Å². The summed E-state index contributed by atoms with van der Waals surface area (Å²) in [5.74, 6) is 0.768. The van der Waals surface area contributed by atoms with Crippen molar-refractivity contribution in [3.05, 3.63) is 59.4 Å². The molecule has 1 fully saturated rings. The number of hydrogen-bond acceptors (Lipinski definition) is 3. The molecule has 2 aromatic rings. The lowest BCUT2D eigenvalue weighted by atomic mass is 9.89. The molecule has 1 saturated heterocycles. The van der Waals surface area contributed by atoms with Crippen LogP contribution in [0.4, 0.5) is 0 Å². The van der Waals surface area contributed by atoms with E-state index in [0.29, 0.717) is 17.4 Å². The van der Waals surface area contributed by atoms with Gasteiger partial charge in [-0.15, -0.1) is 0 Å². The fraction of sp³-hybridized carbons (Fsp3) is 0.333. The quantitative estimate of drug-likeness (QED) is 0.926. The Labute approximate surface area is 130 Å². The van der Waals surface area contributed by atoms with Gasteiger partial charge in [0.15, 0.2) is 0 Å². The second kappa shape index (κ2) is 6.18. The molecule has 0 atom stereocenters. The Bertz CT molecular complexity index is 659. The number of aromatic nitrogens is 1. The first-order valence-electron chi connectivity index (χ1n) is 7.65. The number of benzene rings is 1. The zero-order valence-corrected chi connectivity index (χ0v) is 12.7. The lowest BCUT2D eigenvalue weighted by Crippen LogP contribution is -2.38. The molecule has 1 aromatic carbocycles. The number of hydrogen-bond donors (Lipinski definition) is 1. The van der Waals surface area contributed by atoms with Gasteiger partial charge in [0.05, 0.1) is 0 Å². The van der Waals surface area contributed by atoms with Gasteiger partial charge in [-0.05, 0) is 55.5 Å². The molecule has 0 unspecified atom stereocenters. The predicted molar refractivity (Wildman–Crippen MR) is 85.0 cm³/mol. The molecule has 0 saturated carbocycles. The minimum Gasteiger partial charge on any atom is -0.508 e. The first-order valence-corrected chi connectivity index (χ1v) is 7.65. The van der Waals surface area contributed by atoms with Crippen molar-refractivity contribution in [3.63, 3.8) is 0 Å². The van der Waals surface area contributed by atoms with E-state index < -0.39 is 0 Å². The van der Waals surface area contributed by atoms with Gasteiger partial charge in [0.25, 0.3) is 5.91 Å². The Balaban J connectivity index is 1.64. The molecular weight excluding hydrogens is 276 g/mol. The summed E-state index contributed by atoms with van der Waals surface area (Å²) in [6.07, 6.45) is 1.89.